The SMILES string of the molecule is CC(C)N(C=O)C(C(=O)O)c1ccc2ccccc2c1. The van der Waals surface area contributed by atoms with Crippen LogP contribution in [0.3, 0.4) is 0 Å². The van der Waals surface area contributed by atoms with Crippen molar-refractivity contribution in [2.45, 2.75) is 25.9 Å². The number of fused-ring (bicyclic) bond motifs is 1. The van der Waals surface area contributed by atoms with E-state index in [2.05, 4.69) is 0 Å². The predicted octanol–water partition coefficient (Wildman–Crippen LogP) is 2.83. The lowest BCUT2D eigenvalue weighted by Crippen LogP contribution is -2.38. The molecule has 2 aromatic carbocycles. The third-order valence-corrected chi connectivity index (χ3v) is 3.34. The Balaban J connectivity index is 2.51. The molecule has 0 aliphatic heterocycles. The van der Waals surface area contributed by atoms with Crippen LogP contribution in [0.4, 0.5) is 0 Å². The van der Waals surface area contributed by atoms with E-state index in [-0.39, 0.29) is 6.04 Å². The van der Waals surface area contributed by atoms with Crippen molar-refractivity contribution in [3.05, 3.63) is 48.0 Å². The van der Waals surface area contributed by atoms with Gasteiger partial charge in [0.2, 0.25) is 6.41 Å². The standard InChI is InChI=1S/C16H17NO3/c1-11(2)17(10-18)15(16(19)20)14-8-7-12-5-3-4-6-13(12)9-14/h3-11,15H,1-2H3,(H,19,20). The molecule has 2 rings (SSSR count). The van der Waals surface area contributed by atoms with Crippen LogP contribution in [0, 0.1) is 0 Å². The predicted molar refractivity (Wildman–Crippen MR) is 77.4 cm³/mol. The van der Waals surface area contributed by atoms with Crippen LogP contribution in [0.2, 0.25) is 0 Å². The van der Waals surface area contributed by atoms with Crippen molar-refractivity contribution in [2.75, 3.05) is 0 Å². The molecule has 2 aromatic rings. The van der Waals surface area contributed by atoms with Crippen molar-refractivity contribution in [3.63, 3.8) is 0 Å². The van der Waals surface area contributed by atoms with E-state index < -0.39 is 12.0 Å². The Kier molecular flexibility index (Phi) is 4.03. The number of amides is 1. The minimum absolute atomic E-state index is 0.180. The van der Waals surface area contributed by atoms with Crippen molar-refractivity contribution < 1.29 is 14.7 Å². The molecule has 0 fully saturated rings. The first-order valence-electron chi connectivity index (χ1n) is 6.49. The van der Waals surface area contributed by atoms with Gasteiger partial charge in [-0.1, -0.05) is 36.4 Å². The van der Waals surface area contributed by atoms with Gasteiger partial charge in [-0.25, -0.2) is 4.79 Å². The largest absolute Gasteiger partial charge is 0.479 e. The molecule has 20 heavy (non-hydrogen) atoms. The molecule has 0 spiro atoms. The number of hydrogen-bond donors (Lipinski definition) is 1. The average Bonchev–Trinajstić information content (AvgIpc) is 2.43. The number of benzene rings is 2. The fourth-order valence-corrected chi connectivity index (χ4v) is 2.30. The molecule has 0 aliphatic rings. The topological polar surface area (TPSA) is 57.6 Å². The van der Waals surface area contributed by atoms with E-state index in [0.717, 1.165) is 10.8 Å². The number of carbonyl (C=O) groups excluding carboxylic acids is 1. The van der Waals surface area contributed by atoms with Crippen LogP contribution in [-0.2, 0) is 9.59 Å². The summed E-state index contributed by atoms with van der Waals surface area (Å²) in [5.74, 6) is -1.03. The number of aliphatic carboxylic acids is 1. The summed E-state index contributed by atoms with van der Waals surface area (Å²) < 4.78 is 0. The van der Waals surface area contributed by atoms with Gasteiger partial charge in [-0.15, -0.1) is 0 Å². The molecular formula is C16H17NO3. The summed E-state index contributed by atoms with van der Waals surface area (Å²) in [6.45, 7) is 3.59. The normalized spacial score (nSPS) is 12.3. The molecular weight excluding hydrogens is 254 g/mol. The van der Waals surface area contributed by atoms with Crippen molar-refractivity contribution in [2.24, 2.45) is 0 Å². The van der Waals surface area contributed by atoms with Crippen LogP contribution in [0.15, 0.2) is 42.5 Å². The number of carboxylic acid groups (broad SMARTS) is 1. The minimum Gasteiger partial charge on any atom is -0.479 e. The highest BCUT2D eigenvalue weighted by Gasteiger charge is 2.28. The molecule has 0 saturated carbocycles. The molecule has 1 unspecified atom stereocenters. The van der Waals surface area contributed by atoms with Crippen LogP contribution in [-0.4, -0.2) is 28.4 Å². The van der Waals surface area contributed by atoms with E-state index >= 15 is 0 Å². The van der Waals surface area contributed by atoms with E-state index in [4.69, 9.17) is 0 Å². The van der Waals surface area contributed by atoms with E-state index in [1.165, 1.54) is 4.90 Å². The van der Waals surface area contributed by atoms with E-state index in [1.807, 2.05) is 36.4 Å². The third kappa shape index (κ3) is 2.64. The number of rotatable bonds is 5. The number of carboxylic acids is 1. The van der Waals surface area contributed by atoms with Gasteiger partial charge in [0.25, 0.3) is 0 Å². The highest BCUT2D eigenvalue weighted by atomic mass is 16.4. The van der Waals surface area contributed by atoms with Crippen molar-refractivity contribution in [1.29, 1.82) is 0 Å². The van der Waals surface area contributed by atoms with Gasteiger partial charge in [0.1, 0.15) is 0 Å². The Morgan fingerprint density at radius 2 is 1.80 bits per heavy atom. The second-order valence-electron chi connectivity index (χ2n) is 4.99. The average molecular weight is 271 g/mol. The Bertz CT molecular complexity index is 636. The first-order chi connectivity index (χ1) is 9.54. The summed E-state index contributed by atoms with van der Waals surface area (Å²) in [6.07, 6.45) is 0.596. The van der Waals surface area contributed by atoms with Crippen LogP contribution in [0.25, 0.3) is 10.8 Å². The molecule has 1 amide bonds. The third-order valence-electron chi connectivity index (χ3n) is 3.34. The van der Waals surface area contributed by atoms with Gasteiger partial charge in [0.05, 0.1) is 0 Å². The lowest BCUT2D eigenvalue weighted by atomic mass is 10.0. The van der Waals surface area contributed by atoms with E-state index in [9.17, 15) is 14.7 Å². The van der Waals surface area contributed by atoms with Crippen LogP contribution >= 0.6 is 0 Å². The van der Waals surface area contributed by atoms with Crippen molar-refractivity contribution in [3.8, 4) is 0 Å². The van der Waals surface area contributed by atoms with Gasteiger partial charge >= 0.3 is 5.97 Å². The summed E-state index contributed by atoms with van der Waals surface area (Å²) in [6, 6.07) is 12.1. The zero-order chi connectivity index (χ0) is 14.7. The Morgan fingerprint density at radius 1 is 1.15 bits per heavy atom. The highest BCUT2D eigenvalue weighted by Crippen LogP contribution is 2.25. The maximum Gasteiger partial charge on any atom is 0.331 e. The van der Waals surface area contributed by atoms with Gasteiger partial charge in [0, 0.05) is 6.04 Å². The number of carbonyl (C=O) groups is 2. The molecule has 4 nitrogen and oxygen atoms in total. The van der Waals surface area contributed by atoms with E-state index in [1.54, 1.807) is 19.9 Å². The minimum atomic E-state index is -1.03. The van der Waals surface area contributed by atoms with Crippen LogP contribution in [0.1, 0.15) is 25.5 Å². The molecule has 4 heteroatoms. The molecule has 0 aliphatic carbocycles. The first kappa shape index (κ1) is 14.1. The lowest BCUT2D eigenvalue weighted by Gasteiger charge is -2.29. The molecule has 0 heterocycles. The van der Waals surface area contributed by atoms with Gasteiger partial charge in [0.15, 0.2) is 6.04 Å². The zero-order valence-electron chi connectivity index (χ0n) is 11.5. The van der Waals surface area contributed by atoms with Crippen molar-refractivity contribution in [1.82, 2.24) is 4.90 Å². The molecule has 0 saturated heterocycles. The summed E-state index contributed by atoms with van der Waals surface area (Å²) in [5.41, 5.74) is 0.608. The van der Waals surface area contributed by atoms with Crippen molar-refractivity contribution >= 4 is 23.2 Å². The Labute approximate surface area is 117 Å². The second kappa shape index (κ2) is 5.74. The summed E-state index contributed by atoms with van der Waals surface area (Å²) in [4.78, 5) is 24.0. The Morgan fingerprint density at radius 3 is 2.35 bits per heavy atom. The molecule has 104 valence electrons. The van der Waals surface area contributed by atoms with Crippen LogP contribution < -0.4 is 0 Å². The number of hydrogen-bond acceptors (Lipinski definition) is 2. The number of nitrogens with zero attached hydrogens (tertiary/aromatic N) is 1. The molecule has 0 bridgehead atoms. The first-order valence-corrected chi connectivity index (χ1v) is 6.49. The van der Waals surface area contributed by atoms with E-state index in [0.29, 0.717) is 12.0 Å². The molecule has 0 aromatic heterocycles. The zero-order valence-corrected chi connectivity index (χ0v) is 11.5. The molecule has 1 atom stereocenters. The van der Waals surface area contributed by atoms with Gasteiger partial charge in [-0.05, 0) is 36.2 Å². The maximum absolute atomic E-state index is 11.5. The lowest BCUT2D eigenvalue weighted by molar-refractivity contribution is -0.147. The summed E-state index contributed by atoms with van der Waals surface area (Å²) in [5, 5.41) is 11.5. The van der Waals surface area contributed by atoms with Gasteiger partial charge in [-0.2, -0.15) is 0 Å². The quantitative estimate of drug-likeness (QED) is 0.851. The fraction of sp³-hybridized carbons (Fsp3) is 0.250. The summed E-state index contributed by atoms with van der Waals surface area (Å²) in [7, 11) is 0. The summed E-state index contributed by atoms with van der Waals surface area (Å²) >= 11 is 0. The molecule has 0 radical (unpaired) electrons. The smallest absolute Gasteiger partial charge is 0.331 e. The van der Waals surface area contributed by atoms with Gasteiger partial charge < -0.3 is 10.0 Å². The highest BCUT2D eigenvalue weighted by molar-refractivity contribution is 5.86. The second-order valence-corrected chi connectivity index (χ2v) is 4.99. The fourth-order valence-electron chi connectivity index (χ4n) is 2.30. The monoisotopic (exact) mass is 271 g/mol. The van der Waals surface area contributed by atoms with Gasteiger partial charge in [-0.3, -0.25) is 4.79 Å². The molecule has 1 N–H and O–H groups in total. The Hall–Kier alpha value is -2.36. The maximum atomic E-state index is 11.5. The van der Waals surface area contributed by atoms with Crippen LogP contribution in [0.5, 0.6) is 0 Å².